The van der Waals surface area contributed by atoms with Crippen LogP contribution in [0.4, 0.5) is 24.7 Å². The fourth-order valence-corrected chi connectivity index (χ4v) is 4.48. The average molecular weight is 471 g/mol. The fourth-order valence-electron chi connectivity index (χ4n) is 4.48. The molecule has 0 spiro atoms. The number of nitrogens with zero attached hydrogens (tertiary/aromatic N) is 2. The zero-order valence-corrected chi connectivity index (χ0v) is 17.8. The van der Waals surface area contributed by atoms with Gasteiger partial charge in [-0.25, -0.2) is 4.98 Å². The molecule has 1 saturated carbocycles. The number of nitrogens with one attached hydrogen (secondary N) is 3. The predicted molar refractivity (Wildman–Crippen MR) is 117 cm³/mol. The lowest BCUT2D eigenvalue weighted by Crippen LogP contribution is -2.40. The number of carbonyl (C=O) groups is 3. The van der Waals surface area contributed by atoms with Crippen molar-refractivity contribution in [3.63, 3.8) is 0 Å². The summed E-state index contributed by atoms with van der Waals surface area (Å²) in [5, 5.41) is 8.71. The Labute approximate surface area is 191 Å². The second kappa shape index (κ2) is 8.15. The van der Waals surface area contributed by atoms with E-state index in [1.165, 1.54) is 16.5 Å². The number of rotatable bonds is 4. The Hall–Kier alpha value is -3.89. The summed E-state index contributed by atoms with van der Waals surface area (Å²) in [5.74, 6) is -1.26. The zero-order chi connectivity index (χ0) is 24.0. The van der Waals surface area contributed by atoms with Crippen LogP contribution in [0.25, 0.3) is 5.65 Å². The number of Topliss-reactive ketones (excluding diaryl/α,β-unsaturated/α-hetero) is 1. The van der Waals surface area contributed by atoms with Gasteiger partial charge in [0.2, 0.25) is 0 Å². The molecule has 1 aliphatic carbocycles. The Balaban J connectivity index is 1.22. The number of amides is 2. The molecule has 0 saturated heterocycles. The van der Waals surface area contributed by atoms with Crippen LogP contribution >= 0.6 is 0 Å². The molecule has 1 fully saturated rings. The van der Waals surface area contributed by atoms with E-state index in [2.05, 4.69) is 20.9 Å². The number of anilines is 2. The Bertz CT molecular complexity index is 1310. The van der Waals surface area contributed by atoms with Crippen molar-refractivity contribution in [3.05, 3.63) is 59.4 Å². The minimum atomic E-state index is -4.52. The number of aromatic nitrogens is 2. The van der Waals surface area contributed by atoms with Crippen LogP contribution in [0, 0.1) is 0 Å². The van der Waals surface area contributed by atoms with Crippen molar-refractivity contribution in [2.45, 2.75) is 43.9 Å². The van der Waals surface area contributed by atoms with E-state index in [4.69, 9.17) is 0 Å². The highest BCUT2D eigenvalue weighted by molar-refractivity contribution is 6.52. The van der Waals surface area contributed by atoms with Gasteiger partial charge in [-0.15, -0.1) is 0 Å². The summed E-state index contributed by atoms with van der Waals surface area (Å²) in [4.78, 5) is 40.0. The maximum absolute atomic E-state index is 13.0. The normalized spacial score (nSPS) is 20.2. The summed E-state index contributed by atoms with van der Waals surface area (Å²) in [5.41, 5.74) is -0.0770. The molecule has 3 N–H and O–H groups in total. The highest BCUT2D eigenvalue weighted by atomic mass is 19.4. The summed E-state index contributed by atoms with van der Waals surface area (Å²) in [7, 11) is 0. The molecular weight excluding hydrogens is 451 g/mol. The first kappa shape index (κ1) is 21.9. The summed E-state index contributed by atoms with van der Waals surface area (Å²) in [6.45, 7) is 0. The summed E-state index contributed by atoms with van der Waals surface area (Å²) < 4.78 is 40.5. The third-order valence-corrected chi connectivity index (χ3v) is 6.20. The van der Waals surface area contributed by atoms with Gasteiger partial charge in [0.1, 0.15) is 11.5 Å². The van der Waals surface area contributed by atoms with Gasteiger partial charge in [0.25, 0.3) is 17.6 Å². The zero-order valence-electron chi connectivity index (χ0n) is 17.8. The molecule has 5 rings (SSSR count). The van der Waals surface area contributed by atoms with Crippen LogP contribution in [0.5, 0.6) is 0 Å². The van der Waals surface area contributed by atoms with Crippen LogP contribution in [0.15, 0.2) is 42.6 Å². The van der Waals surface area contributed by atoms with Gasteiger partial charge in [0, 0.05) is 18.3 Å². The summed E-state index contributed by atoms with van der Waals surface area (Å²) in [6, 6.07) is 9.41. The molecule has 3 heterocycles. The van der Waals surface area contributed by atoms with Crippen LogP contribution in [0.1, 0.15) is 52.1 Å². The number of fused-ring (bicyclic) bond motifs is 2. The van der Waals surface area contributed by atoms with Crippen molar-refractivity contribution >= 4 is 34.8 Å². The van der Waals surface area contributed by atoms with Gasteiger partial charge in [0.15, 0.2) is 5.69 Å². The molecule has 0 unspecified atom stereocenters. The first-order chi connectivity index (χ1) is 16.2. The maximum Gasteiger partial charge on any atom is 0.434 e. The molecule has 176 valence electrons. The van der Waals surface area contributed by atoms with Crippen molar-refractivity contribution in [2.24, 2.45) is 0 Å². The van der Waals surface area contributed by atoms with Crippen LogP contribution in [-0.2, 0) is 11.0 Å². The Morgan fingerprint density at radius 3 is 2.47 bits per heavy atom. The van der Waals surface area contributed by atoms with Gasteiger partial charge >= 0.3 is 6.18 Å². The van der Waals surface area contributed by atoms with Crippen LogP contribution in [0.3, 0.4) is 0 Å². The van der Waals surface area contributed by atoms with Crippen molar-refractivity contribution < 1.29 is 27.6 Å². The highest BCUT2D eigenvalue weighted by Crippen LogP contribution is 2.31. The van der Waals surface area contributed by atoms with Crippen LogP contribution in [-0.4, -0.2) is 39.1 Å². The molecule has 1 aliphatic heterocycles. The molecule has 1 aromatic carbocycles. The molecular formula is C23H20F3N5O3. The molecule has 2 amide bonds. The number of hydrogen-bond acceptors (Lipinski definition) is 5. The second-order valence-corrected chi connectivity index (χ2v) is 8.44. The minimum Gasteiger partial charge on any atom is -0.368 e. The average Bonchev–Trinajstić information content (AvgIpc) is 3.37. The van der Waals surface area contributed by atoms with E-state index >= 15 is 0 Å². The Morgan fingerprint density at radius 1 is 1.03 bits per heavy atom. The number of halogens is 3. The molecule has 2 aromatic heterocycles. The third-order valence-electron chi connectivity index (χ3n) is 6.20. The van der Waals surface area contributed by atoms with Gasteiger partial charge < -0.3 is 16.0 Å². The Kier molecular flexibility index (Phi) is 5.26. The number of hydrogen-bond donors (Lipinski definition) is 3. The smallest absolute Gasteiger partial charge is 0.368 e. The number of alkyl halides is 3. The SMILES string of the molecule is O=C1Nc2c(C(=O)NC3CCC(Nc4cccc5nc(C(F)(F)F)cn45)CC3)cccc2C1=O. The van der Waals surface area contributed by atoms with Gasteiger partial charge in [-0.1, -0.05) is 12.1 Å². The predicted octanol–water partition coefficient (Wildman–Crippen LogP) is 3.64. The molecule has 34 heavy (non-hydrogen) atoms. The molecule has 8 nitrogen and oxygen atoms in total. The largest absolute Gasteiger partial charge is 0.434 e. The lowest BCUT2D eigenvalue weighted by Gasteiger charge is -2.30. The van der Waals surface area contributed by atoms with Crippen LogP contribution in [0.2, 0.25) is 0 Å². The van der Waals surface area contributed by atoms with Gasteiger partial charge in [-0.05, 0) is 49.9 Å². The van der Waals surface area contributed by atoms with Gasteiger partial charge in [-0.3, -0.25) is 18.8 Å². The second-order valence-electron chi connectivity index (χ2n) is 8.44. The minimum absolute atomic E-state index is 0.0216. The first-order valence-electron chi connectivity index (χ1n) is 10.8. The van der Waals surface area contributed by atoms with E-state index in [9.17, 15) is 27.6 Å². The fraction of sp³-hybridized carbons (Fsp3) is 0.304. The lowest BCUT2D eigenvalue weighted by atomic mass is 9.91. The lowest BCUT2D eigenvalue weighted by molar-refractivity contribution is -0.140. The molecule has 0 radical (unpaired) electrons. The molecule has 0 bridgehead atoms. The van der Waals surface area contributed by atoms with E-state index in [1.807, 2.05) is 0 Å². The number of imidazole rings is 1. The van der Waals surface area contributed by atoms with Crippen molar-refractivity contribution in [1.29, 1.82) is 0 Å². The van der Waals surface area contributed by atoms with E-state index in [1.54, 1.807) is 24.3 Å². The van der Waals surface area contributed by atoms with Crippen molar-refractivity contribution in [1.82, 2.24) is 14.7 Å². The quantitative estimate of drug-likeness (QED) is 0.504. The standard InChI is InChI=1S/C23H20F3N5O3/c24-23(25,26)16-11-31-17(5-2-6-18(31)29-16)27-12-7-9-13(10-8-12)28-21(33)15-4-1-3-14-19(15)30-22(34)20(14)32/h1-6,11-13,27H,7-10H2,(H,28,33)(H,30,32,34). The third kappa shape index (κ3) is 3.97. The number of para-hydroxylation sites is 1. The van der Waals surface area contributed by atoms with E-state index in [-0.39, 0.29) is 40.5 Å². The number of pyridine rings is 1. The van der Waals surface area contributed by atoms with E-state index in [0.717, 1.165) is 6.20 Å². The van der Waals surface area contributed by atoms with Crippen LogP contribution < -0.4 is 16.0 Å². The number of carbonyl (C=O) groups excluding carboxylic acids is 3. The maximum atomic E-state index is 13.0. The number of ketones is 1. The number of benzene rings is 1. The van der Waals surface area contributed by atoms with Crippen molar-refractivity contribution in [2.75, 3.05) is 10.6 Å². The molecule has 0 atom stereocenters. The topological polar surface area (TPSA) is 105 Å². The summed E-state index contributed by atoms with van der Waals surface area (Å²) in [6.07, 6.45) is -0.816. The van der Waals surface area contributed by atoms with E-state index in [0.29, 0.717) is 31.5 Å². The summed E-state index contributed by atoms with van der Waals surface area (Å²) >= 11 is 0. The Morgan fingerprint density at radius 2 is 1.74 bits per heavy atom. The van der Waals surface area contributed by atoms with Gasteiger partial charge in [0.05, 0.1) is 16.8 Å². The monoisotopic (exact) mass is 471 g/mol. The molecule has 2 aliphatic rings. The highest BCUT2D eigenvalue weighted by Gasteiger charge is 2.35. The van der Waals surface area contributed by atoms with Crippen molar-refractivity contribution in [3.8, 4) is 0 Å². The first-order valence-corrected chi connectivity index (χ1v) is 10.8. The van der Waals surface area contributed by atoms with Gasteiger partial charge in [-0.2, -0.15) is 13.2 Å². The molecule has 11 heteroatoms. The van der Waals surface area contributed by atoms with E-state index < -0.39 is 23.6 Å². The molecule has 3 aromatic rings.